The Morgan fingerprint density at radius 2 is 1.76 bits per heavy atom. The fraction of sp³-hybridized carbons (Fsp3) is 0.200. The lowest BCUT2D eigenvalue weighted by Gasteiger charge is -2.11. The van der Waals surface area contributed by atoms with Gasteiger partial charge in [0.25, 0.3) is 0 Å². The number of nitrogens with zero attached hydrogens (tertiary/aromatic N) is 2. The van der Waals surface area contributed by atoms with Crippen molar-refractivity contribution in [3.05, 3.63) is 71.4 Å². The summed E-state index contributed by atoms with van der Waals surface area (Å²) in [5, 5.41) is 6.61. The molecule has 0 aliphatic carbocycles. The van der Waals surface area contributed by atoms with E-state index in [-0.39, 0.29) is 0 Å². The van der Waals surface area contributed by atoms with Crippen LogP contribution in [0.5, 0.6) is 5.75 Å². The van der Waals surface area contributed by atoms with Crippen LogP contribution in [-0.2, 0) is 6.54 Å². The number of rotatable bonds is 6. The quantitative estimate of drug-likeness (QED) is 0.697. The van der Waals surface area contributed by atoms with Crippen LogP contribution in [0.4, 0.5) is 17.5 Å². The van der Waals surface area contributed by atoms with Crippen LogP contribution < -0.4 is 15.4 Å². The molecule has 128 valence electrons. The summed E-state index contributed by atoms with van der Waals surface area (Å²) in [6.45, 7) is 4.70. The average Bonchev–Trinajstić information content (AvgIpc) is 2.60. The minimum absolute atomic E-state index is 0.586. The molecule has 5 heteroatoms. The normalized spacial score (nSPS) is 10.4. The lowest BCUT2D eigenvalue weighted by molar-refractivity contribution is 0.414. The predicted octanol–water partition coefficient (Wildman–Crippen LogP) is 4.46. The van der Waals surface area contributed by atoms with Gasteiger partial charge in [-0.2, -0.15) is 4.98 Å². The zero-order chi connectivity index (χ0) is 17.6. The molecule has 1 heterocycles. The first-order chi connectivity index (χ1) is 12.1. The SMILES string of the molecule is COc1ccc(CNc2cc(C)nc(Nc3cccc(C)c3)n2)cc1. The van der Waals surface area contributed by atoms with Crippen LogP contribution in [0, 0.1) is 13.8 Å². The first-order valence-corrected chi connectivity index (χ1v) is 8.18. The molecule has 1 aromatic heterocycles. The molecule has 5 nitrogen and oxygen atoms in total. The van der Waals surface area contributed by atoms with Crippen LogP contribution in [0.3, 0.4) is 0 Å². The molecule has 25 heavy (non-hydrogen) atoms. The van der Waals surface area contributed by atoms with Crippen molar-refractivity contribution in [2.75, 3.05) is 17.7 Å². The van der Waals surface area contributed by atoms with Crippen molar-refractivity contribution >= 4 is 17.5 Å². The fourth-order valence-electron chi connectivity index (χ4n) is 2.50. The Labute approximate surface area is 148 Å². The molecule has 2 N–H and O–H groups in total. The van der Waals surface area contributed by atoms with Gasteiger partial charge >= 0.3 is 0 Å². The fourth-order valence-corrected chi connectivity index (χ4v) is 2.50. The topological polar surface area (TPSA) is 59.1 Å². The van der Waals surface area contributed by atoms with Crippen molar-refractivity contribution in [1.29, 1.82) is 0 Å². The van der Waals surface area contributed by atoms with Crippen molar-refractivity contribution in [1.82, 2.24) is 9.97 Å². The van der Waals surface area contributed by atoms with E-state index >= 15 is 0 Å². The number of nitrogens with one attached hydrogen (secondary N) is 2. The molecular weight excluding hydrogens is 312 g/mol. The Kier molecular flexibility index (Phi) is 5.14. The van der Waals surface area contributed by atoms with E-state index in [9.17, 15) is 0 Å². The van der Waals surface area contributed by atoms with Gasteiger partial charge in [-0.3, -0.25) is 0 Å². The maximum atomic E-state index is 5.18. The Hall–Kier alpha value is -3.08. The third-order valence-electron chi connectivity index (χ3n) is 3.76. The highest BCUT2D eigenvalue weighted by molar-refractivity contribution is 5.56. The van der Waals surface area contributed by atoms with E-state index in [2.05, 4.69) is 39.7 Å². The molecule has 0 radical (unpaired) electrons. The third kappa shape index (κ3) is 4.70. The minimum Gasteiger partial charge on any atom is -0.497 e. The molecule has 0 saturated heterocycles. The van der Waals surface area contributed by atoms with Crippen LogP contribution in [0.1, 0.15) is 16.8 Å². The molecule has 0 saturated carbocycles. The van der Waals surface area contributed by atoms with Gasteiger partial charge in [0.15, 0.2) is 0 Å². The molecule has 0 bridgehead atoms. The van der Waals surface area contributed by atoms with E-state index in [1.165, 1.54) is 5.56 Å². The highest BCUT2D eigenvalue weighted by atomic mass is 16.5. The van der Waals surface area contributed by atoms with Crippen molar-refractivity contribution in [2.24, 2.45) is 0 Å². The van der Waals surface area contributed by atoms with Crippen LogP contribution in [0.25, 0.3) is 0 Å². The van der Waals surface area contributed by atoms with Gasteiger partial charge in [-0.05, 0) is 49.2 Å². The highest BCUT2D eigenvalue weighted by Gasteiger charge is 2.04. The van der Waals surface area contributed by atoms with Gasteiger partial charge in [0.05, 0.1) is 7.11 Å². The van der Waals surface area contributed by atoms with Gasteiger partial charge in [-0.25, -0.2) is 4.98 Å². The highest BCUT2D eigenvalue weighted by Crippen LogP contribution is 2.18. The number of aryl methyl sites for hydroxylation is 2. The Morgan fingerprint density at radius 3 is 2.48 bits per heavy atom. The van der Waals surface area contributed by atoms with Gasteiger partial charge in [-0.15, -0.1) is 0 Å². The maximum absolute atomic E-state index is 5.18. The summed E-state index contributed by atoms with van der Waals surface area (Å²) in [6, 6.07) is 18.0. The summed E-state index contributed by atoms with van der Waals surface area (Å²) in [7, 11) is 1.67. The number of hydrogen-bond donors (Lipinski definition) is 2. The third-order valence-corrected chi connectivity index (χ3v) is 3.76. The van der Waals surface area contributed by atoms with Crippen LogP contribution in [0.2, 0.25) is 0 Å². The first-order valence-electron chi connectivity index (χ1n) is 8.18. The minimum atomic E-state index is 0.586. The lowest BCUT2D eigenvalue weighted by atomic mass is 10.2. The van der Waals surface area contributed by atoms with E-state index in [0.717, 1.165) is 28.5 Å². The molecular formula is C20H22N4O. The Balaban J connectivity index is 1.70. The van der Waals surface area contributed by atoms with Crippen LogP contribution >= 0.6 is 0 Å². The van der Waals surface area contributed by atoms with E-state index in [1.54, 1.807) is 7.11 Å². The summed E-state index contributed by atoms with van der Waals surface area (Å²) < 4.78 is 5.18. The molecule has 0 aliphatic rings. The number of anilines is 3. The molecule has 0 spiro atoms. The monoisotopic (exact) mass is 334 g/mol. The second-order valence-electron chi connectivity index (χ2n) is 5.91. The molecule has 3 rings (SSSR count). The average molecular weight is 334 g/mol. The molecule has 0 fully saturated rings. The second kappa shape index (κ2) is 7.66. The summed E-state index contributed by atoms with van der Waals surface area (Å²) in [4.78, 5) is 9.01. The molecule has 3 aromatic rings. The summed E-state index contributed by atoms with van der Waals surface area (Å²) in [5.74, 6) is 2.23. The lowest BCUT2D eigenvalue weighted by Crippen LogP contribution is -2.05. The number of hydrogen-bond acceptors (Lipinski definition) is 5. The van der Waals surface area contributed by atoms with Crippen molar-refractivity contribution in [3.63, 3.8) is 0 Å². The van der Waals surface area contributed by atoms with Crippen LogP contribution in [0.15, 0.2) is 54.6 Å². The van der Waals surface area contributed by atoms with Gasteiger partial charge < -0.3 is 15.4 Å². The molecule has 0 amide bonds. The largest absolute Gasteiger partial charge is 0.497 e. The standard InChI is InChI=1S/C20H22N4O/c1-14-5-4-6-17(11-14)23-20-22-15(2)12-19(24-20)21-13-16-7-9-18(25-3)10-8-16/h4-12H,13H2,1-3H3,(H2,21,22,23,24). The zero-order valence-electron chi connectivity index (χ0n) is 14.7. The summed E-state index contributed by atoms with van der Waals surface area (Å²) >= 11 is 0. The number of benzene rings is 2. The predicted molar refractivity (Wildman–Crippen MR) is 102 cm³/mol. The molecule has 0 unspecified atom stereocenters. The van der Waals surface area contributed by atoms with Gasteiger partial charge in [0.1, 0.15) is 11.6 Å². The van der Waals surface area contributed by atoms with Gasteiger partial charge in [0.2, 0.25) is 5.95 Å². The van der Waals surface area contributed by atoms with Gasteiger partial charge in [-0.1, -0.05) is 24.3 Å². The molecule has 2 aromatic carbocycles. The van der Waals surface area contributed by atoms with Gasteiger partial charge in [0, 0.05) is 24.0 Å². The van der Waals surface area contributed by atoms with Crippen molar-refractivity contribution in [3.8, 4) is 5.75 Å². The Morgan fingerprint density at radius 1 is 0.960 bits per heavy atom. The molecule has 0 atom stereocenters. The second-order valence-corrected chi connectivity index (χ2v) is 5.91. The van der Waals surface area contributed by atoms with E-state index in [4.69, 9.17) is 4.74 Å². The van der Waals surface area contributed by atoms with E-state index in [0.29, 0.717) is 12.5 Å². The van der Waals surface area contributed by atoms with Crippen molar-refractivity contribution in [2.45, 2.75) is 20.4 Å². The van der Waals surface area contributed by atoms with E-state index < -0.39 is 0 Å². The number of methoxy groups -OCH3 is 1. The zero-order valence-corrected chi connectivity index (χ0v) is 14.7. The Bertz CT molecular complexity index is 847. The van der Waals surface area contributed by atoms with Crippen molar-refractivity contribution < 1.29 is 4.74 Å². The number of aromatic nitrogens is 2. The van der Waals surface area contributed by atoms with E-state index in [1.807, 2.05) is 49.4 Å². The summed E-state index contributed by atoms with van der Waals surface area (Å²) in [5.41, 5.74) is 4.23. The summed E-state index contributed by atoms with van der Waals surface area (Å²) in [6.07, 6.45) is 0. The maximum Gasteiger partial charge on any atom is 0.229 e. The van der Waals surface area contributed by atoms with Crippen LogP contribution in [-0.4, -0.2) is 17.1 Å². The molecule has 0 aliphatic heterocycles. The number of ether oxygens (including phenoxy) is 1. The first kappa shape index (κ1) is 16.8. The smallest absolute Gasteiger partial charge is 0.229 e.